The summed E-state index contributed by atoms with van der Waals surface area (Å²) in [6.45, 7) is 2.29. The highest BCUT2D eigenvalue weighted by Gasteiger charge is 2.30. The third kappa shape index (κ3) is 3.06. The Balaban J connectivity index is 0.00000112. The molecule has 0 aromatic heterocycles. The Kier molecular flexibility index (Phi) is 4.83. The maximum absolute atomic E-state index is 11.7. The lowest BCUT2D eigenvalue weighted by Gasteiger charge is -2.24. The second kappa shape index (κ2) is 5.68. The molecule has 2 aliphatic heterocycles. The van der Waals surface area contributed by atoms with Gasteiger partial charge in [0.15, 0.2) is 0 Å². The van der Waals surface area contributed by atoms with E-state index < -0.39 is 0 Å². The molecule has 0 radical (unpaired) electrons. The van der Waals surface area contributed by atoms with Crippen LogP contribution in [0, 0.1) is 0 Å². The number of rotatable bonds is 2. The van der Waals surface area contributed by atoms with Crippen LogP contribution in [-0.2, 0) is 4.79 Å². The van der Waals surface area contributed by atoms with Crippen LogP contribution in [0.2, 0.25) is 0 Å². The number of nitrogens with zero attached hydrogens (tertiary/aromatic N) is 1. The Hall–Kier alpha value is -0.320. The highest BCUT2D eigenvalue weighted by molar-refractivity contribution is 5.85. The Morgan fingerprint density at radius 3 is 2.87 bits per heavy atom. The third-order valence-electron chi connectivity index (χ3n) is 3.20. The molecule has 2 saturated heterocycles. The molecule has 88 valence electrons. The van der Waals surface area contributed by atoms with Gasteiger partial charge in [0.1, 0.15) is 0 Å². The van der Waals surface area contributed by atoms with Gasteiger partial charge in [0.25, 0.3) is 0 Å². The lowest BCUT2D eigenvalue weighted by Crippen LogP contribution is -2.42. The van der Waals surface area contributed by atoms with E-state index in [0.29, 0.717) is 18.6 Å². The summed E-state index contributed by atoms with van der Waals surface area (Å²) in [5.74, 6) is 0.238. The zero-order valence-electron chi connectivity index (χ0n) is 9.16. The van der Waals surface area contributed by atoms with Crippen molar-refractivity contribution in [1.82, 2.24) is 15.5 Å². The third-order valence-corrected chi connectivity index (χ3v) is 3.20. The summed E-state index contributed by atoms with van der Waals surface area (Å²) in [4.78, 5) is 13.7. The molecule has 1 amide bonds. The second-order valence-corrected chi connectivity index (χ2v) is 4.30. The van der Waals surface area contributed by atoms with Crippen LogP contribution in [0.5, 0.6) is 0 Å². The smallest absolute Gasteiger partial charge is 0.236 e. The fourth-order valence-electron chi connectivity index (χ4n) is 2.43. The number of carbonyl (C=O) groups excluding carboxylic acids is 1. The molecule has 0 spiro atoms. The summed E-state index contributed by atoms with van der Waals surface area (Å²) in [5.41, 5.74) is 0. The molecular weight excluding hydrogens is 214 g/mol. The van der Waals surface area contributed by atoms with Gasteiger partial charge in [-0.3, -0.25) is 4.79 Å². The van der Waals surface area contributed by atoms with Crippen LogP contribution < -0.4 is 10.6 Å². The lowest BCUT2D eigenvalue weighted by molar-refractivity contribution is -0.130. The number of likely N-dealkylation sites (tertiary alicyclic amines) is 1. The molecule has 5 heteroatoms. The number of halogens is 1. The number of likely N-dealkylation sites (N-methyl/N-ethyl adjacent to an activating group) is 1. The molecular formula is C10H20ClN3O. The largest absolute Gasteiger partial charge is 0.340 e. The molecule has 2 unspecified atom stereocenters. The fourth-order valence-corrected chi connectivity index (χ4v) is 2.43. The normalized spacial score (nSPS) is 29.5. The van der Waals surface area contributed by atoms with Crippen molar-refractivity contribution in [3.8, 4) is 0 Å². The van der Waals surface area contributed by atoms with Gasteiger partial charge in [-0.15, -0.1) is 12.4 Å². The van der Waals surface area contributed by atoms with Crippen molar-refractivity contribution in [1.29, 1.82) is 0 Å². The van der Waals surface area contributed by atoms with Gasteiger partial charge < -0.3 is 15.5 Å². The van der Waals surface area contributed by atoms with Crippen LogP contribution in [0.1, 0.15) is 19.3 Å². The highest BCUT2D eigenvalue weighted by Crippen LogP contribution is 2.20. The van der Waals surface area contributed by atoms with Crippen LogP contribution in [0.3, 0.4) is 0 Å². The van der Waals surface area contributed by atoms with Crippen LogP contribution in [0.15, 0.2) is 0 Å². The first-order valence-corrected chi connectivity index (χ1v) is 5.48. The Morgan fingerprint density at radius 2 is 2.13 bits per heavy atom. The zero-order chi connectivity index (χ0) is 9.97. The predicted octanol–water partition coefficient (Wildman–Crippen LogP) is -0.0195. The summed E-state index contributed by atoms with van der Waals surface area (Å²) in [7, 11) is 1.82. The average Bonchev–Trinajstić information content (AvgIpc) is 2.46. The van der Waals surface area contributed by atoms with E-state index in [4.69, 9.17) is 0 Å². The van der Waals surface area contributed by atoms with Crippen molar-refractivity contribution in [3.63, 3.8) is 0 Å². The highest BCUT2D eigenvalue weighted by atomic mass is 35.5. The van der Waals surface area contributed by atoms with Crippen molar-refractivity contribution in [2.24, 2.45) is 0 Å². The van der Waals surface area contributed by atoms with E-state index in [9.17, 15) is 4.79 Å². The quantitative estimate of drug-likeness (QED) is 0.705. The van der Waals surface area contributed by atoms with E-state index in [2.05, 4.69) is 10.6 Å². The van der Waals surface area contributed by atoms with E-state index in [1.807, 2.05) is 11.9 Å². The molecule has 2 rings (SSSR count). The van der Waals surface area contributed by atoms with Crippen molar-refractivity contribution in [3.05, 3.63) is 0 Å². The SMILES string of the molecule is CNCC(=O)N1CCC2CCC(C1)N2.Cl. The summed E-state index contributed by atoms with van der Waals surface area (Å²) < 4.78 is 0. The molecule has 2 fully saturated rings. The number of carbonyl (C=O) groups is 1. The van der Waals surface area contributed by atoms with Gasteiger partial charge in [-0.2, -0.15) is 0 Å². The van der Waals surface area contributed by atoms with Crippen LogP contribution >= 0.6 is 12.4 Å². The summed E-state index contributed by atoms with van der Waals surface area (Å²) >= 11 is 0. The zero-order valence-corrected chi connectivity index (χ0v) is 9.98. The van der Waals surface area contributed by atoms with Gasteiger partial charge in [0.2, 0.25) is 5.91 Å². The first kappa shape index (κ1) is 12.7. The minimum absolute atomic E-state index is 0. The lowest BCUT2D eigenvalue weighted by atomic mass is 10.1. The van der Waals surface area contributed by atoms with Gasteiger partial charge in [-0.05, 0) is 26.3 Å². The minimum Gasteiger partial charge on any atom is -0.340 e. The molecule has 0 aromatic carbocycles. The number of amides is 1. The van der Waals surface area contributed by atoms with E-state index in [1.54, 1.807) is 0 Å². The molecule has 2 atom stereocenters. The molecule has 0 aromatic rings. The van der Waals surface area contributed by atoms with Crippen molar-refractivity contribution in [2.45, 2.75) is 31.3 Å². The number of fused-ring (bicyclic) bond motifs is 2. The first-order chi connectivity index (χ1) is 6.79. The van der Waals surface area contributed by atoms with Crippen molar-refractivity contribution < 1.29 is 4.79 Å². The van der Waals surface area contributed by atoms with Crippen molar-refractivity contribution >= 4 is 18.3 Å². The van der Waals surface area contributed by atoms with Crippen LogP contribution in [0.4, 0.5) is 0 Å². The van der Waals surface area contributed by atoms with Crippen LogP contribution in [-0.4, -0.2) is 49.6 Å². The van der Waals surface area contributed by atoms with E-state index >= 15 is 0 Å². The molecule has 2 bridgehead atoms. The van der Waals surface area contributed by atoms with E-state index in [-0.39, 0.29) is 18.3 Å². The van der Waals surface area contributed by atoms with Crippen LogP contribution in [0.25, 0.3) is 0 Å². The maximum Gasteiger partial charge on any atom is 0.236 e. The number of nitrogens with one attached hydrogen (secondary N) is 2. The predicted molar refractivity (Wildman–Crippen MR) is 62.3 cm³/mol. The first-order valence-electron chi connectivity index (χ1n) is 5.48. The molecule has 15 heavy (non-hydrogen) atoms. The summed E-state index contributed by atoms with van der Waals surface area (Å²) in [6, 6.07) is 1.20. The van der Waals surface area contributed by atoms with Crippen molar-refractivity contribution in [2.75, 3.05) is 26.7 Å². The standard InChI is InChI=1S/C10H19N3O.ClH/c1-11-6-10(14)13-5-4-8-2-3-9(7-13)12-8;/h8-9,11-12H,2-7H2,1H3;1H. The fraction of sp³-hybridized carbons (Fsp3) is 0.900. The maximum atomic E-state index is 11.7. The average molecular weight is 234 g/mol. The van der Waals surface area contributed by atoms with Gasteiger partial charge in [-0.1, -0.05) is 0 Å². The summed E-state index contributed by atoms with van der Waals surface area (Å²) in [5, 5.41) is 6.48. The Bertz CT molecular complexity index is 225. The Morgan fingerprint density at radius 1 is 1.40 bits per heavy atom. The summed E-state index contributed by atoms with van der Waals surface area (Å²) in [6.07, 6.45) is 3.64. The topological polar surface area (TPSA) is 44.4 Å². The molecule has 0 aliphatic carbocycles. The van der Waals surface area contributed by atoms with E-state index in [1.165, 1.54) is 12.8 Å². The molecule has 4 nitrogen and oxygen atoms in total. The minimum atomic E-state index is 0. The molecule has 2 N–H and O–H groups in total. The molecule has 2 heterocycles. The van der Waals surface area contributed by atoms with Gasteiger partial charge >= 0.3 is 0 Å². The molecule has 0 saturated carbocycles. The second-order valence-electron chi connectivity index (χ2n) is 4.30. The number of hydrogen-bond acceptors (Lipinski definition) is 3. The van der Waals surface area contributed by atoms with E-state index in [0.717, 1.165) is 19.5 Å². The van der Waals surface area contributed by atoms with Gasteiger partial charge in [0.05, 0.1) is 6.54 Å². The van der Waals surface area contributed by atoms with Gasteiger partial charge in [-0.25, -0.2) is 0 Å². The Labute approximate surface area is 97.2 Å². The monoisotopic (exact) mass is 233 g/mol. The number of hydrogen-bond donors (Lipinski definition) is 2. The van der Waals surface area contributed by atoms with Gasteiger partial charge in [0, 0.05) is 25.2 Å². The molecule has 2 aliphatic rings.